The molecule has 1 atom stereocenters. The number of carbonyl (C=O) groups excluding carboxylic acids is 1. The molecule has 0 saturated carbocycles. The van der Waals surface area contributed by atoms with E-state index in [1.807, 2.05) is 0 Å². The van der Waals surface area contributed by atoms with Gasteiger partial charge in [-0.1, -0.05) is 11.6 Å². The predicted octanol–water partition coefficient (Wildman–Crippen LogP) is 2.30. The van der Waals surface area contributed by atoms with Crippen molar-refractivity contribution in [2.75, 3.05) is 20.1 Å². The Hall–Kier alpha value is -1.13. The first-order valence-corrected chi connectivity index (χ1v) is 6.40. The van der Waals surface area contributed by atoms with Gasteiger partial charge in [0.05, 0.1) is 5.56 Å². The van der Waals surface area contributed by atoms with Crippen molar-refractivity contribution in [3.05, 3.63) is 34.6 Å². The van der Waals surface area contributed by atoms with Gasteiger partial charge in [-0.2, -0.15) is 0 Å². The number of nitrogens with one attached hydrogen (secondary N) is 1. The molecule has 3 nitrogen and oxygen atoms in total. The third-order valence-electron chi connectivity index (χ3n) is 3.30. The molecule has 0 spiro atoms. The maximum atomic E-state index is 13.6. The quantitative estimate of drug-likeness (QED) is 0.894. The summed E-state index contributed by atoms with van der Waals surface area (Å²) in [6, 6.07) is 4.16. The van der Waals surface area contributed by atoms with Gasteiger partial charge in [0.1, 0.15) is 5.82 Å². The number of amides is 1. The molecular weight excluding hydrogens is 255 g/mol. The average molecular weight is 271 g/mol. The largest absolute Gasteiger partial charge is 0.337 e. The molecule has 1 N–H and O–H groups in total. The fourth-order valence-corrected chi connectivity index (χ4v) is 2.35. The van der Waals surface area contributed by atoms with Crippen molar-refractivity contribution < 1.29 is 9.18 Å². The van der Waals surface area contributed by atoms with Crippen LogP contribution in [-0.4, -0.2) is 37.0 Å². The fourth-order valence-electron chi connectivity index (χ4n) is 2.18. The number of hydrogen-bond acceptors (Lipinski definition) is 2. The van der Waals surface area contributed by atoms with Gasteiger partial charge in [0, 0.05) is 24.7 Å². The summed E-state index contributed by atoms with van der Waals surface area (Å²) in [7, 11) is 1.71. The molecule has 5 heteroatoms. The normalized spacial score (nSPS) is 19.6. The highest BCUT2D eigenvalue weighted by molar-refractivity contribution is 6.31. The second kappa shape index (κ2) is 5.67. The monoisotopic (exact) mass is 270 g/mol. The molecule has 2 rings (SSSR count). The van der Waals surface area contributed by atoms with Gasteiger partial charge < -0.3 is 10.2 Å². The number of carbonyl (C=O) groups is 1. The summed E-state index contributed by atoms with van der Waals surface area (Å²) in [6.45, 7) is 1.73. The van der Waals surface area contributed by atoms with Gasteiger partial charge in [-0.05, 0) is 37.6 Å². The van der Waals surface area contributed by atoms with Gasteiger partial charge >= 0.3 is 0 Å². The second-order valence-corrected chi connectivity index (χ2v) is 4.98. The van der Waals surface area contributed by atoms with Crippen LogP contribution in [0.1, 0.15) is 23.2 Å². The fraction of sp³-hybridized carbons (Fsp3) is 0.462. The minimum atomic E-state index is -0.528. The third-order valence-corrected chi connectivity index (χ3v) is 3.53. The molecule has 1 amide bonds. The van der Waals surface area contributed by atoms with Crippen LogP contribution in [0, 0.1) is 5.82 Å². The zero-order valence-electron chi connectivity index (χ0n) is 10.2. The van der Waals surface area contributed by atoms with E-state index in [4.69, 9.17) is 11.6 Å². The molecule has 1 aromatic rings. The molecule has 18 heavy (non-hydrogen) atoms. The topological polar surface area (TPSA) is 32.3 Å². The number of rotatable bonds is 2. The van der Waals surface area contributed by atoms with Crippen LogP contribution in [0.2, 0.25) is 5.02 Å². The lowest BCUT2D eigenvalue weighted by Gasteiger charge is -2.31. The summed E-state index contributed by atoms with van der Waals surface area (Å²) in [5.74, 6) is -0.844. The summed E-state index contributed by atoms with van der Waals surface area (Å²) in [5, 5.41) is 3.60. The summed E-state index contributed by atoms with van der Waals surface area (Å²) in [6.07, 6.45) is 1.97. The van der Waals surface area contributed by atoms with Crippen molar-refractivity contribution in [3.63, 3.8) is 0 Å². The molecule has 1 aliphatic rings. The molecule has 1 heterocycles. The zero-order valence-corrected chi connectivity index (χ0v) is 11.0. The Morgan fingerprint density at radius 3 is 3.00 bits per heavy atom. The van der Waals surface area contributed by atoms with Gasteiger partial charge in [-0.25, -0.2) is 4.39 Å². The number of piperidine rings is 1. The summed E-state index contributed by atoms with van der Waals surface area (Å²) in [4.78, 5) is 13.8. The Morgan fingerprint density at radius 1 is 1.56 bits per heavy atom. The van der Waals surface area contributed by atoms with Crippen LogP contribution >= 0.6 is 11.6 Å². The molecule has 0 aromatic heterocycles. The van der Waals surface area contributed by atoms with Gasteiger partial charge in [0.15, 0.2) is 0 Å². The Kier molecular flexibility index (Phi) is 4.19. The molecule has 0 bridgehead atoms. The molecule has 98 valence electrons. The standard InChI is InChI=1S/C13H16ClFN2O/c1-17(10-3-2-6-16-8-10)13(18)11-7-9(14)4-5-12(11)15/h4-5,7,10,16H,2-3,6,8H2,1H3. The predicted molar refractivity (Wildman–Crippen MR) is 69.4 cm³/mol. The van der Waals surface area contributed by atoms with Crippen molar-refractivity contribution in [1.82, 2.24) is 10.2 Å². The number of nitrogens with zero attached hydrogens (tertiary/aromatic N) is 1. The Morgan fingerprint density at radius 2 is 2.33 bits per heavy atom. The van der Waals surface area contributed by atoms with E-state index in [2.05, 4.69) is 5.32 Å². The van der Waals surface area contributed by atoms with Crippen LogP contribution in [0.3, 0.4) is 0 Å². The van der Waals surface area contributed by atoms with E-state index in [0.29, 0.717) is 5.02 Å². The van der Waals surface area contributed by atoms with Crippen molar-refractivity contribution >= 4 is 17.5 Å². The smallest absolute Gasteiger partial charge is 0.256 e. The summed E-state index contributed by atoms with van der Waals surface area (Å²) < 4.78 is 13.6. The van der Waals surface area contributed by atoms with Crippen LogP contribution in [0.4, 0.5) is 4.39 Å². The van der Waals surface area contributed by atoms with E-state index in [1.165, 1.54) is 18.2 Å². The van der Waals surface area contributed by atoms with Gasteiger partial charge in [0.2, 0.25) is 0 Å². The molecule has 0 radical (unpaired) electrons. The highest BCUT2D eigenvalue weighted by atomic mass is 35.5. The molecule has 1 fully saturated rings. The van der Waals surface area contributed by atoms with Crippen molar-refractivity contribution in [1.29, 1.82) is 0 Å². The van der Waals surface area contributed by atoms with E-state index in [-0.39, 0.29) is 17.5 Å². The lowest BCUT2D eigenvalue weighted by atomic mass is 10.1. The highest BCUT2D eigenvalue weighted by Crippen LogP contribution is 2.18. The average Bonchev–Trinajstić information content (AvgIpc) is 2.41. The Bertz CT molecular complexity index is 447. The minimum absolute atomic E-state index is 0.0376. The van der Waals surface area contributed by atoms with Gasteiger partial charge in [-0.15, -0.1) is 0 Å². The summed E-state index contributed by atoms with van der Waals surface area (Å²) in [5.41, 5.74) is 0.0376. The number of hydrogen-bond donors (Lipinski definition) is 1. The number of benzene rings is 1. The van der Waals surface area contributed by atoms with Crippen LogP contribution < -0.4 is 5.32 Å². The van der Waals surface area contributed by atoms with E-state index in [0.717, 1.165) is 25.9 Å². The number of likely N-dealkylation sites (N-methyl/N-ethyl adjacent to an activating group) is 1. The van der Waals surface area contributed by atoms with E-state index in [1.54, 1.807) is 11.9 Å². The van der Waals surface area contributed by atoms with Crippen LogP contribution in [0.5, 0.6) is 0 Å². The van der Waals surface area contributed by atoms with E-state index in [9.17, 15) is 9.18 Å². The molecular formula is C13H16ClFN2O. The summed E-state index contributed by atoms with van der Waals surface area (Å²) >= 11 is 5.80. The third kappa shape index (κ3) is 2.82. The molecule has 1 aliphatic heterocycles. The van der Waals surface area contributed by atoms with Crippen molar-refractivity contribution in [2.24, 2.45) is 0 Å². The maximum Gasteiger partial charge on any atom is 0.256 e. The lowest BCUT2D eigenvalue weighted by Crippen LogP contribution is -2.46. The van der Waals surface area contributed by atoms with Crippen molar-refractivity contribution in [3.8, 4) is 0 Å². The molecule has 1 unspecified atom stereocenters. The molecule has 1 aromatic carbocycles. The SMILES string of the molecule is CN(C(=O)c1cc(Cl)ccc1F)C1CCCNC1. The van der Waals surface area contributed by atoms with Gasteiger partial charge in [0.25, 0.3) is 5.91 Å². The first-order chi connectivity index (χ1) is 8.59. The van der Waals surface area contributed by atoms with Gasteiger partial charge in [-0.3, -0.25) is 4.79 Å². The Balaban J connectivity index is 2.16. The van der Waals surface area contributed by atoms with Crippen molar-refractivity contribution in [2.45, 2.75) is 18.9 Å². The number of halogens is 2. The lowest BCUT2D eigenvalue weighted by molar-refractivity contribution is 0.0703. The van der Waals surface area contributed by atoms with E-state index < -0.39 is 5.82 Å². The zero-order chi connectivity index (χ0) is 13.1. The van der Waals surface area contributed by atoms with Crippen LogP contribution in [0.15, 0.2) is 18.2 Å². The van der Waals surface area contributed by atoms with Crippen LogP contribution in [-0.2, 0) is 0 Å². The molecule has 1 saturated heterocycles. The maximum absolute atomic E-state index is 13.6. The minimum Gasteiger partial charge on any atom is -0.337 e. The second-order valence-electron chi connectivity index (χ2n) is 4.54. The molecule has 0 aliphatic carbocycles. The Labute approximate surface area is 111 Å². The first kappa shape index (κ1) is 13.3. The highest BCUT2D eigenvalue weighted by Gasteiger charge is 2.24. The first-order valence-electron chi connectivity index (χ1n) is 6.02. The van der Waals surface area contributed by atoms with Crippen LogP contribution in [0.25, 0.3) is 0 Å². The van der Waals surface area contributed by atoms with E-state index >= 15 is 0 Å².